The summed E-state index contributed by atoms with van der Waals surface area (Å²) >= 11 is 0. The Morgan fingerprint density at radius 1 is 1.03 bits per heavy atom. The third-order valence-electron chi connectivity index (χ3n) is 6.41. The first-order chi connectivity index (χ1) is 15.6. The fourth-order valence-electron chi connectivity index (χ4n) is 4.57. The lowest BCUT2D eigenvalue weighted by Gasteiger charge is -2.39. The van der Waals surface area contributed by atoms with Crippen LogP contribution in [0.4, 0.5) is 4.39 Å². The van der Waals surface area contributed by atoms with E-state index in [0.717, 1.165) is 25.9 Å². The van der Waals surface area contributed by atoms with Crippen molar-refractivity contribution >= 4 is 11.8 Å². The van der Waals surface area contributed by atoms with Gasteiger partial charge >= 0.3 is 0 Å². The van der Waals surface area contributed by atoms with E-state index in [4.69, 9.17) is 4.74 Å². The third kappa shape index (κ3) is 5.87. The molecule has 7 nitrogen and oxygen atoms in total. The summed E-state index contributed by atoms with van der Waals surface area (Å²) in [6, 6.07) is 5.97. The van der Waals surface area contributed by atoms with Gasteiger partial charge in [-0.25, -0.2) is 9.37 Å². The van der Waals surface area contributed by atoms with Crippen LogP contribution in [0.25, 0.3) is 0 Å². The van der Waals surface area contributed by atoms with Gasteiger partial charge in [-0.2, -0.15) is 0 Å². The number of aromatic nitrogens is 2. The molecule has 2 aromatic rings. The summed E-state index contributed by atoms with van der Waals surface area (Å²) in [5.74, 6) is 0.393. The maximum absolute atomic E-state index is 13.3. The number of aryl methyl sites for hydroxylation is 1. The average Bonchev–Trinajstić information content (AvgIpc) is 3.34. The lowest BCUT2D eigenvalue weighted by molar-refractivity contribution is -0.139. The quantitative estimate of drug-likeness (QED) is 0.661. The molecule has 2 fully saturated rings. The Labute approximate surface area is 188 Å². The zero-order valence-electron chi connectivity index (χ0n) is 18.4. The van der Waals surface area contributed by atoms with Crippen LogP contribution in [0.3, 0.4) is 0 Å². The van der Waals surface area contributed by atoms with Gasteiger partial charge in [0.05, 0.1) is 6.33 Å². The van der Waals surface area contributed by atoms with Crippen molar-refractivity contribution in [2.75, 3.05) is 26.2 Å². The second kappa shape index (κ2) is 10.6. The molecule has 2 atom stereocenters. The van der Waals surface area contributed by atoms with Gasteiger partial charge < -0.3 is 19.1 Å². The van der Waals surface area contributed by atoms with E-state index < -0.39 is 0 Å². The van der Waals surface area contributed by atoms with Crippen molar-refractivity contribution in [2.45, 2.75) is 51.2 Å². The first-order valence-corrected chi connectivity index (χ1v) is 11.5. The van der Waals surface area contributed by atoms with Gasteiger partial charge in [-0.3, -0.25) is 9.59 Å². The van der Waals surface area contributed by atoms with E-state index in [1.54, 1.807) is 24.7 Å². The summed E-state index contributed by atoms with van der Waals surface area (Å²) in [7, 11) is 0. The Kier molecular flexibility index (Phi) is 7.39. The molecule has 8 heteroatoms. The number of halogens is 1. The molecule has 2 aliphatic heterocycles. The maximum atomic E-state index is 13.3. The van der Waals surface area contributed by atoms with Gasteiger partial charge in [-0.15, -0.1) is 0 Å². The van der Waals surface area contributed by atoms with Crippen LogP contribution in [-0.4, -0.2) is 63.4 Å². The maximum Gasteiger partial charge on any atom is 0.224 e. The van der Waals surface area contributed by atoms with Gasteiger partial charge in [-0.1, -0.05) is 0 Å². The lowest BCUT2D eigenvalue weighted by atomic mass is 9.90. The smallest absolute Gasteiger partial charge is 0.224 e. The van der Waals surface area contributed by atoms with Gasteiger partial charge in [0, 0.05) is 70.3 Å². The van der Waals surface area contributed by atoms with Crippen LogP contribution in [0.15, 0.2) is 43.0 Å². The highest BCUT2D eigenvalue weighted by molar-refractivity contribution is 5.78. The van der Waals surface area contributed by atoms with E-state index in [2.05, 4.69) is 4.98 Å². The Morgan fingerprint density at radius 2 is 1.81 bits per heavy atom. The highest BCUT2D eigenvalue weighted by atomic mass is 19.1. The number of benzene rings is 1. The van der Waals surface area contributed by atoms with E-state index in [9.17, 15) is 14.0 Å². The first-order valence-electron chi connectivity index (χ1n) is 11.5. The molecule has 2 amide bonds. The molecule has 172 valence electrons. The molecule has 0 N–H and O–H groups in total. The van der Waals surface area contributed by atoms with Gasteiger partial charge in [0.1, 0.15) is 17.7 Å². The van der Waals surface area contributed by atoms with E-state index in [0.29, 0.717) is 44.6 Å². The molecule has 3 heterocycles. The van der Waals surface area contributed by atoms with Crippen molar-refractivity contribution in [3.8, 4) is 5.75 Å². The summed E-state index contributed by atoms with van der Waals surface area (Å²) in [4.78, 5) is 33.6. The van der Waals surface area contributed by atoms with Gasteiger partial charge in [0.25, 0.3) is 0 Å². The fraction of sp³-hybridized carbons (Fsp3) is 0.542. The number of piperidine rings is 2. The summed E-state index contributed by atoms with van der Waals surface area (Å²) in [6.45, 7) is 3.28. The van der Waals surface area contributed by atoms with E-state index in [1.165, 1.54) is 18.6 Å². The van der Waals surface area contributed by atoms with Crippen LogP contribution >= 0.6 is 0 Å². The number of carbonyl (C=O) groups is 2. The molecule has 1 aromatic carbocycles. The molecular formula is C24H31FN4O3. The van der Waals surface area contributed by atoms with Gasteiger partial charge in [-0.05, 0) is 43.5 Å². The van der Waals surface area contributed by atoms with Gasteiger partial charge in [0.15, 0.2) is 0 Å². The number of nitrogens with zero attached hydrogens (tertiary/aromatic N) is 4. The number of amides is 2. The summed E-state index contributed by atoms with van der Waals surface area (Å²) in [5.41, 5.74) is 0. The predicted molar refractivity (Wildman–Crippen MR) is 117 cm³/mol. The second-order valence-electron chi connectivity index (χ2n) is 8.69. The highest BCUT2D eigenvalue weighted by Crippen LogP contribution is 2.27. The van der Waals surface area contributed by atoms with Crippen LogP contribution in [-0.2, 0) is 16.1 Å². The van der Waals surface area contributed by atoms with Crippen LogP contribution in [0.5, 0.6) is 5.75 Å². The predicted octanol–water partition coefficient (Wildman–Crippen LogP) is 3.11. The average molecular weight is 443 g/mol. The Balaban J connectivity index is 1.40. The van der Waals surface area contributed by atoms with Crippen LogP contribution in [0.2, 0.25) is 0 Å². The summed E-state index contributed by atoms with van der Waals surface area (Å²) in [5, 5.41) is 0. The molecule has 0 saturated carbocycles. The highest BCUT2D eigenvalue weighted by Gasteiger charge is 2.35. The zero-order chi connectivity index (χ0) is 22.3. The fourth-order valence-corrected chi connectivity index (χ4v) is 4.57. The molecule has 4 rings (SSSR count). The number of rotatable bonds is 7. The van der Waals surface area contributed by atoms with Gasteiger partial charge in [0.2, 0.25) is 11.8 Å². The van der Waals surface area contributed by atoms with Crippen molar-refractivity contribution in [1.29, 1.82) is 0 Å². The summed E-state index contributed by atoms with van der Waals surface area (Å²) in [6.07, 6.45) is 9.72. The summed E-state index contributed by atoms with van der Waals surface area (Å²) < 4.78 is 21.3. The second-order valence-corrected chi connectivity index (χ2v) is 8.69. The molecule has 32 heavy (non-hydrogen) atoms. The van der Waals surface area contributed by atoms with E-state index in [-0.39, 0.29) is 29.7 Å². The number of ether oxygens (including phenoxy) is 1. The molecule has 0 radical (unpaired) electrons. The Hall–Kier alpha value is -2.90. The Morgan fingerprint density at radius 3 is 2.53 bits per heavy atom. The van der Waals surface area contributed by atoms with E-state index >= 15 is 0 Å². The van der Waals surface area contributed by atoms with E-state index in [1.807, 2.05) is 20.6 Å². The third-order valence-corrected chi connectivity index (χ3v) is 6.41. The largest absolute Gasteiger partial charge is 0.490 e. The number of hydrogen-bond acceptors (Lipinski definition) is 4. The molecule has 0 unspecified atom stereocenters. The molecule has 0 aliphatic carbocycles. The minimum Gasteiger partial charge on any atom is -0.490 e. The zero-order valence-corrected chi connectivity index (χ0v) is 18.4. The van der Waals surface area contributed by atoms with Crippen molar-refractivity contribution in [1.82, 2.24) is 19.4 Å². The number of hydrogen-bond donors (Lipinski definition) is 0. The normalized spacial score (nSPS) is 21.4. The van der Waals surface area contributed by atoms with Crippen molar-refractivity contribution in [3.05, 3.63) is 48.8 Å². The van der Waals surface area contributed by atoms with Crippen molar-refractivity contribution < 1.29 is 18.7 Å². The Bertz CT molecular complexity index is 881. The monoisotopic (exact) mass is 442 g/mol. The topological polar surface area (TPSA) is 67.7 Å². The van der Waals surface area contributed by atoms with Crippen LogP contribution in [0.1, 0.15) is 38.5 Å². The standard InChI is InChI=1S/C24H31FN4O3/c25-20-4-6-21(7-5-20)32-22-8-14-29(23(30)9-13-27-15-10-26-18-27)17-19(22)16-24(31)28-11-2-1-3-12-28/h4-7,10,15,18-19,22H,1-3,8-9,11-14,16-17H2/t19-,22-/m0/s1. The molecule has 1 aromatic heterocycles. The SMILES string of the molecule is O=C(C[C@H]1CN(C(=O)CCn2ccnc2)CC[C@@H]1Oc1ccc(F)cc1)N1CCCCC1. The van der Waals surface area contributed by atoms with Crippen molar-refractivity contribution in [3.63, 3.8) is 0 Å². The van der Waals surface area contributed by atoms with Crippen LogP contribution < -0.4 is 4.74 Å². The minimum atomic E-state index is -0.313. The molecule has 0 spiro atoms. The lowest BCUT2D eigenvalue weighted by Crippen LogP contribution is -2.50. The molecule has 0 bridgehead atoms. The number of imidazole rings is 1. The van der Waals surface area contributed by atoms with Crippen molar-refractivity contribution in [2.24, 2.45) is 5.92 Å². The molecule has 2 saturated heterocycles. The number of carbonyl (C=O) groups excluding carboxylic acids is 2. The van der Waals surface area contributed by atoms with Crippen LogP contribution in [0, 0.1) is 11.7 Å². The number of likely N-dealkylation sites (tertiary alicyclic amines) is 2. The minimum absolute atomic E-state index is 0.0781. The molecular weight excluding hydrogens is 411 g/mol. The molecule has 2 aliphatic rings. The first kappa shape index (κ1) is 22.3.